The van der Waals surface area contributed by atoms with Gasteiger partial charge in [0.15, 0.2) is 17.3 Å². The van der Waals surface area contributed by atoms with Crippen LogP contribution in [0.1, 0.15) is 27.8 Å². The van der Waals surface area contributed by atoms with Gasteiger partial charge in [-0.15, -0.1) is 0 Å². The Morgan fingerprint density at radius 2 is 1.75 bits per heavy atom. The second-order valence-corrected chi connectivity index (χ2v) is 9.41. The second-order valence-electron chi connectivity index (χ2n) is 9.41. The van der Waals surface area contributed by atoms with Crippen molar-refractivity contribution in [3.8, 4) is 11.5 Å². The molecule has 1 aromatic carbocycles. The lowest BCUT2D eigenvalue weighted by molar-refractivity contribution is -0.141. The molecule has 10 atom stereocenters. The van der Waals surface area contributed by atoms with Crippen LogP contribution in [0, 0.1) is 5.92 Å². The number of aliphatic hydroxyl groups is 4. The van der Waals surface area contributed by atoms with Crippen molar-refractivity contribution in [3.63, 3.8) is 0 Å². The minimum absolute atomic E-state index is 0. The van der Waals surface area contributed by atoms with E-state index in [-0.39, 0.29) is 31.2 Å². The number of benzene rings is 1. The molecule has 0 radical (unpaired) electrons. The third-order valence-corrected chi connectivity index (χ3v) is 6.86. The predicted molar refractivity (Wildman–Crippen MR) is 124 cm³/mol. The molecule has 1 aromatic rings. The molecule has 36 heavy (non-hydrogen) atoms. The van der Waals surface area contributed by atoms with Crippen molar-refractivity contribution in [2.45, 2.75) is 75.8 Å². The van der Waals surface area contributed by atoms with Gasteiger partial charge < -0.3 is 49.8 Å². The van der Waals surface area contributed by atoms with E-state index in [2.05, 4.69) is 5.32 Å². The predicted octanol–water partition coefficient (Wildman–Crippen LogP) is -0.946. The number of aliphatic hydroxyl groups excluding tert-OH is 4. The highest BCUT2D eigenvalue weighted by Gasteiger charge is 2.52. The Balaban J connectivity index is 0.00000380. The average Bonchev–Trinajstić information content (AvgIpc) is 3.43. The van der Waals surface area contributed by atoms with Crippen molar-refractivity contribution >= 4 is 17.8 Å². The van der Waals surface area contributed by atoms with E-state index in [9.17, 15) is 35.1 Å². The molecule has 3 aliphatic rings. The van der Waals surface area contributed by atoms with Gasteiger partial charge in [-0.05, 0) is 37.6 Å². The van der Waals surface area contributed by atoms with E-state index in [1.165, 1.54) is 38.1 Å². The monoisotopic (exact) mass is 511 g/mol. The zero-order valence-corrected chi connectivity index (χ0v) is 20.0. The first kappa shape index (κ1) is 26.5. The molecule has 0 aromatic heterocycles. The number of carbonyl (C=O) groups is 2. The largest absolute Gasteiger partial charge is 0.504 e. The van der Waals surface area contributed by atoms with Crippen LogP contribution in [0.4, 0.5) is 0 Å². The summed E-state index contributed by atoms with van der Waals surface area (Å²) in [5, 5.41) is 54.2. The van der Waals surface area contributed by atoms with Gasteiger partial charge in [-0.25, -0.2) is 0 Å². The van der Waals surface area contributed by atoms with Gasteiger partial charge >= 0.3 is 0 Å². The lowest BCUT2D eigenvalue weighted by Crippen LogP contribution is -2.64. The topological polar surface area (TPSA) is 184 Å². The molecule has 4 rings (SSSR count). The number of Topliss-reactive ketones (excluding diaryl/α,β-unsaturated/α-hetero) is 1. The van der Waals surface area contributed by atoms with Crippen molar-refractivity contribution in [1.82, 2.24) is 5.32 Å². The molecule has 0 spiro atoms. The number of aromatic hydroxyl groups is 1. The maximum absolute atomic E-state index is 12.8. The summed E-state index contributed by atoms with van der Waals surface area (Å²) in [5.41, 5.74) is 0.676. The zero-order chi connectivity index (χ0) is 26.3. The first-order valence-corrected chi connectivity index (χ1v) is 11.6. The minimum atomic E-state index is -1.49. The van der Waals surface area contributed by atoms with Gasteiger partial charge in [0, 0.05) is 12.9 Å². The summed E-state index contributed by atoms with van der Waals surface area (Å²) in [6, 6.07) is 3.26. The summed E-state index contributed by atoms with van der Waals surface area (Å²) in [5.74, 6) is -1.77. The summed E-state index contributed by atoms with van der Waals surface area (Å²) in [6.07, 6.45) is -7.39. The molecule has 6 N–H and O–H groups in total. The molecular formula is C24H33NO11. The molecule has 1 aliphatic carbocycles. The molecule has 1 amide bonds. The number of hydrogen-bond acceptors (Lipinski definition) is 11. The van der Waals surface area contributed by atoms with E-state index in [0.717, 1.165) is 0 Å². The molecule has 2 aliphatic heterocycles. The molecular weight excluding hydrogens is 478 g/mol. The van der Waals surface area contributed by atoms with Crippen LogP contribution >= 0.6 is 0 Å². The highest BCUT2D eigenvalue weighted by atomic mass is 16.7. The molecule has 1 saturated carbocycles. The summed E-state index contributed by atoms with van der Waals surface area (Å²) in [7, 11) is 0. The average molecular weight is 512 g/mol. The van der Waals surface area contributed by atoms with Crippen molar-refractivity contribution in [1.29, 1.82) is 0 Å². The van der Waals surface area contributed by atoms with Gasteiger partial charge in [0.2, 0.25) is 12.2 Å². The number of nitrogens with one attached hydrogen (secondary N) is 1. The van der Waals surface area contributed by atoms with E-state index < -0.39 is 66.8 Å². The number of ether oxygens (including phenoxy) is 4. The molecule has 12 nitrogen and oxygen atoms in total. The molecule has 12 heteroatoms. The van der Waals surface area contributed by atoms with E-state index in [4.69, 9.17) is 18.9 Å². The number of phenols is 1. The SMILES string of the molecule is CC(=O)[C@H]1O[C@@H](Oc2ccc(/C=C(\C)C(=O)N[C@H]3[C@@H](O)[C@@H]4OCO[C@@H]4C(C)[C@H]3O)cc2O)[C@@H](O)[C@@H]1O.[HH]. The van der Waals surface area contributed by atoms with Gasteiger partial charge in [0.1, 0.15) is 37.3 Å². The number of phenolic OH excluding ortho intramolecular Hbond substituents is 1. The fourth-order valence-corrected chi connectivity index (χ4v) is 4.74. The maximum Gasteiger partial charge on any atom is 0.247 e. The lowest BCUT2D eigenvalue weighted by atomic mass is 9.78. The quantitative estimate of drug-likeness (QED) is 0.259. The van der Waals surface area contributed by atoms with Gasteiger partial charge in [-0.3, -0.25) is 9.59 Å². The summed E-state index contributed by atoms with van der Waals surface area (Å²) in [4.78, 5) is 24.3. The van der Waals surface area contributed by atoms with Crippen LogP contribution in [-0.2, 0) is 23.8 Å². The normalized spacial score (nSPS) is 38.5. The summed E-state index contributed by atoms with van der Waals surface area (Å²) in [6.45, 7) is 4.51. The Kier molecular flexibility index (Phi) is 7.67. The zero-order valence-electron chi connectivity index (χ0n) is 20.0. The van der Waals surface area contributed by atoms with Crippen LogP contribution in [0.15, 0.2) is 23.8 Å². The number of rotatable bonds is 6. The van der Waals surface area contributed by atoms with E-state index in [0.29, 0.717) is 5.56 Å². The maximum atomic E-state index is 12.8. The third-order valence-electron chi connectivity index (χ3n) is 6.86. The molecule has 200 valence electrons. The highest BCUT2D eigenvalue weighted by Crippen LogP contribution is 2.34. The number of amides is 1. The first-order chi connectivity index (χ1) is 17.0. The van der Waals surface area contributed by atoms with Crippen LogP contribution in [-0.4, -0.2) is 99.1 Å². The number of hydrogen-bond donors (Lipinski definition) is 6. The Hall–Kier alpha value is -2.58. The molecule has 0 bridgehead atoms. The fraction of sp³-hybridized carbons (Fsp3) is 0.583. The minimum Gasteiger partial charge on any atom is -0.504 e. The van der Waals surface area contributed by atoms with Gasteiger partial charge in [0.05, 0.1) is 18.2 Å². The third kappa shape index (κ3) is 4.98. The smallest absolute Gasteiger partial charge is 0.247 e. The van der Waals surface area contributed by atoms with E-state index >= 15 is 0 Å². The van der Waals surface area contributed by atoms with Crippen LogP contribution in [0.25, 0.3) is 6.08 Å². The van der Waals surface area contributed by atoms with E-state index in [1.54, 1.807) is 6.92 Å². The molecule has 2 heterocycles. The van der Waals surface area contributed by atoms with Gasteiger partial charge in [0.25, 0.3) is 0 Å². The second kappa shape index (κ2) is 10.4. The number of ketones is 1. The number of carbonyl (C=O) groups excluding carboxylic acids is 2. The Morgan fingerprint density at radius 3 is 2.39 bits per heavy atom. The van der Waals surface area contributed by atoms with Crippen LogP contribution < -0.4 is 10.1 Å². The summed E-state index contributed by atoms with van der Waals surface area (Å²) >= 11 is 0. The Labute approximate surface area is 208 Å². The first-order valence-electron chi connectivity index (χ1n) is 11.6. The van der Waals surface area contributed by atoms with Crippen molar-refractivity contribution < 1.29 is 55.5 Å². The summed E-state index contributed by atoms with van der Waals surface area (Å²) < 4.78 is 21.5. The standard InChI is InChI=1S/C24H31NO11.H2/c1-9(23(32)25-15-16(28)10(2)20-22(17(15)29)34-8-33-20)6-12-4-5-14(13(27)7-12)35-24-19(31)18(30)21(36-24)11(3)26;/h4-7,10,15-22,24,27-31H,8H2,1-3H3,(H,25,32);1H/b9-6+;/t10?,15-,16-,17-,18+,19+,20-,21-,22+,24-;/m1./s1. The van der Waals surface area contributed by atoms with Gasteiger partial charge in [-0.1, -0.05) is 13.0 Å². The van der Waals surface area contributed by atoms with E-state index in [1.807, 2.05) is 0 Å². The molecule has 1 unspecified atom stereocenters. The van der Waals surface area contributed by atoms with Crippen molar-refractivity contribution in [2.75, 3.05) is 6.79 Å². The van der Waals surface area contributed by atoms with Crippen LogP contribution in [0.5, 0.6) is 11.5 Å². The highest BCUT2D eigenvalue weighted by molar-refractivity contribution is 5.97. The van der Waals surface area contributed by atoms with Crippen LogP contribution in [0.2, 0.25) is 0 Å². The molecule has 3 fully saturated rings. The van der Waals surface area contributed by atoms with Gasteiger partial charge in [-0.2, -0.15) is 0 Å². The molecule has 2 saturated heterocycles. The lowest BCUT2D eigenvalue weighted by Gasteiger charge is -2.42. The van der Waals surface area contributed by atoms with Crippen molar-refractivity contribution in [3.05, 3.63) is 29.3 Å². The fourth-order valence-electron chi connectivity index (χ4n) is 4.74. The number of fused-ring (bicyclic) bond motifs is 1. The van der Waals surface area contributed by atoms with Crippen molar-refractivity contribution in [2.24, 2.45) is 5.92 Å². The van der Waals surface area contributed by atoms with Crippen LogP contribution in [0.3, 0.4) is 0 Å². The Bertz CT molecular complexity index is 1040. The Morgan fingerprint density at radius 1 is 1.06 bits per heavy atom.